The molecule has 0 spiro atoms. The van der Waals surface area contributed by atoms with Crippen molar-refractivity contribution < 1.29 is 43.2 Å². The van der Waals surface area contributed by atoms with Crippen LogP contribution in [0.2, 0.25) is 0 Å². The van der Waals surface area contributed by atoms with Gasteiger partial charge in [-0.25, -0.2) is 9.97 Å². The number of nitrogens with one attached hydrogen (secondary N) is 3. The molecule has 4 N–H and O–H groups in total. The highest BCUT2D eigenvalue weighted by Crippen LogP contribution is 2.34. The number of carbonyl (C=O) groups excluding carboxylic acids is 4. The van der Waals surface area contributed by atoms with Crippen LogP contribution in [0.3, 0.4) is 0 Å². The van der Waals surface area contributed by atoms with Gasteiger partial charge in [-0.1, -0.05) is 50.6 Å². The molecule has 0 radical (unpaired) electrons. The SMILES string of the molecule is Cc1ncsc1-c1ccc(CNC(=O)[C@@H]2C[C@@H](O)CN2C(=O)[C@H](C(C)C)N2Cc3ccccc3C2=O)c(OCCOCCOCCOc2ccc(Nc3ncc(Br)c(NCCCN(C)C(=O)C4CCC4)n3)cc2)c1. The highest BCUT2D eigenvalue weighted by Gasteiger charge is 2.46. The number of anilines is 3. The molecule has 1 aliphatic carbocycles. The number of aromatic nitrogens is 3. The van der Waals surface area contributed by atoms with E-state index in [0.29, 0.717) is 81.5 Å². The average molecular weight is 1100 g/mol. The van der Waals surface area contributed by atoms with Gasteiger partial charge >= 0.3 is 0 Å². The van der Waals surface area contributed by atoms with Crippen LogP contribution in [-0.4, -0.2) is 143 Å². The summed E-state index contributed by atoms with van der Waals surface area (Å²) < 4.78 is 24.5. The number of thiazole rings is 1. The van der Waals surface area contributed by atoms with E-state index in [1.165, 1.54) is 16.2 Å². The summed E-state index contributed by atoms with van der Waals surface area (Å²) in [6.07, 6.45) is 4.85. The van der Waals surface area contributed by atoms with Crippen molar-refractivity contribution in [1.29, 1.82) is 0 Å². The Morgan fingerprint density at radius 2 is 1.70 bits per heavy atom. The predicted octanol–water partition coefficient (Wildman–Crippen LogP) is 7.22. The molecule has 2 aromatic heterocycles. The van der Waals surface area contributed by atoms with Crippen molar-refractivity contribution in [2.75, 3.05) is 77.0 Å². The number of aryl methyl sites for hydroxylation is 1. The molecule has 1 saturated carbocycles. The molecule has 5 aromatic rings. The maximum Gasteiger partial charge on any atom is 0.255 e. The van der Waals surface area contributed by atoms with E-state index >= 15 is 0 Å². The Balaban J connectivity index is 0.748. The molecule has 3 atom stereocenters. The third-order valence-corrected chi connectivity index (χ3v) is 15.0. The molecule has 1 saturated heterocycles. The van der Waals surface area contributed by atoms with E-state index in [1.807, 2.05) is 93.4 Å². The third kappa shape index (κ3) is 13.7. The number of benzene rings is 3. The maximum atomic E-state index is 14.3. The molecule has 4 amide bonds. The molecule has 20 heteroatoms. The number of ether oxygens (including phenoxy) is 4. The molecule has 3 aliphatic rings. The number of hydrogen-bond donors (Lipinski definition) is 4. The predicted molar refractivity (Wildman–Crippen MR) is 285 cm³/mol. The molecular formula is C54H66BrN9O9S. The fourth-order valence-electron chi connectivity index (χ4n) is 9.28. The largest absolute Gasteiger partial charge is 0.491 e. The fraction of sp³-hybridized carbons (Fsp3) is 0.463. The first-order chi connectivity index (χ1) is 35.8. The van der Waals surface area contributed by atoms with Crippen molar-refractivity contribution >= 4 is 68.3 Å². The summed E-state index contributed by atoms with van der Waals surface area (Å²) in [5.41, 5.74) is 6.57. The quantitative estimate of drug-likeness (QED) is 0.0403. The first-order valence-corrected chi connectivity index (χ1v) is 27.0. The number of amides is 4. The molecule has 3 aromatic carbocycles. The molecule has 0 unspecified atom stereocenters. The molecule has 4 heterocycles. The summed E-state index contributed by atoms with van der Waals surface area (Å²) in [5, 5.41) is 20.3. The Bertz CT molecular complexity index is 2720. The number of rotatable bonds is 26. The third-order valence-electron chi connectivity index (χ3n) is 13.5. The number of β-amino-alcohol motifs (C(OH)–C–C–N with tert-alkyl or cyclic N) is 1. The molecule has 0 bridgehead atoms. The molecular weight excluding hydrogens is 1030 g/mol. The summed E-state index contributed by atoms with van der Waals surface area (Å²) in [7, 11) is 1.87. The monoisotopic (exact) mass is 1100 g/mol. The van der Waals surface area contributed by atoms with Gasteiger partial charge in [0, 0.05) is 75.1 Å². The van der Waals surface area contributed by atoms with Crippen LogP contribution in [0.4, 0.5) is 17.5 Å². The Hall–Kier alpha value is -6.19. The van der Waals surface area contributed by atoms with E-state index in [1.54, 1.807) is 22.7 Å². The van der Waals surface area contributed by atoms with Crippen LogP contribution in [0.1, 0.15) is 73.1 Å². The van der Waals surface area contributed by atoms with Gasteiger partial charge in [0.2, 0.25) is 23.7 Å². The zero-order valence-corrected chi connectivity index (χ0v) is 44.8. The number of carbonyl (C=O) groups is 4. The van der Waals surface area contributed by atoms with Crippen molar-refractivity contribution in [2.24, 2.45) is 11.8 Å². The zero-order valence-electron chi connectivity index (χ0n) is 42.4. The number of halogens is 1. The highest BCUT2D eigenvalue weighted by atomic mass is 79.9. The lowest BCUT2D eigenvalue weighted by molar-refractivity contribution is -0.143. The van der Waals surface area contributed by atoms with Crippen molar-refractivity contribution in [3.8, 4) is 21.9 Å². The maximum absolute atomic E-state index is 14.3. The Labute approximate surface area is 444 Å². The zero-order chi connectivity index (χ0) is 52.1. The summed E-state index contributed by atoms with van der Waals surface area (Å²) in [4.78, 5) is 73.3. The molecule has 394 valence electrons. The van der Waals surface area contributed by atoms with Crippen molar-refractivity contribution in [1.82, 2.24) is 35.0 Å². The minimum atomic E-state index is -0.915. The van der Waals surface area contributed by atoms with E-state index in [4.69, 9.17) is 18.9 Å². The smallest absolute Gasteiger partial charge is 0.255 e. The van der Waals surface area contributed by atoms with Gasteiger partial charge in [-0.05, 0) is 95.6 Å². The van der Waals surface area contributed by atoms with E-state index in [-0.39, 0.29) is 55.7 Å². The van der Waals surface area contributed by atoms with Crippen LogP contribution in [0.25, 0.3) is 10.4 Å². The van der Waals surface area contributed by atoms with Crippen LogP contribution in [0, 0.1) is 18.8 Å². The number of aliphatic hydroxyl groups excluding tert-OH is 1. The Kier molecular flexibility index (Phi) is 18.9. The number of fused-ring (bicyclic) bond motifs is 1. The van der Waals surface area contributed by atoms with Crippen molar-refractivity contribution in [2.45, 2.75) is 84.2 Å². The topological polar surface area (TPSA) is 210 Å². The Morgan fingerprint density at radius 3 is 2.41 bits per heavy atom. The number of hydrogen-bond acceptors (Lipinski definition) is 15. The summed E-state index contributed by atoms with van der Waals surface area (Å²) in [5.74, 6) is 1.61. The van der Waals surface area contributed by atoms with E-state index in [0.717, 1.165) is 63.1 Å². The average Bonchev–Trinajstić information content (AvgIpc) is 4.09. The number of aliphatic hydroxyl groups is 1. The minimum absolute atomic E-state index is 0.00376. The van der Waals surface area contributed by atoms with Crippen molar-refractivity contribution in [3.05, 3.63) is 105 Å². The first kappa shape index (κ1) is 54.1. The van der Waals surface area contributed by atoms with Crippen LogP contribution >= 0.6 is 27.3 Å². The van der Waals surface area contributed by atoms with Gasteiger partial charge < -0.3 is 54.7 Å². The molecule has 18 nitrogen and oxygen atoms in total. The lowest BCUT2D eigenvalue weighted by Crippen LogP contribution is -2.55. The second-order valence-electron chi connectivity index (χ2n) is 19.1. The molecule has 2 fully saturated rings. The summed E-state index contributed by atoms with van der Waals surface area (Å²) in [6.45, 7) is 9.44. The molecule has 74 heavy (non-hydrogen) atoms. The molecule has 8 rings (SSSR count). The fourth-order valence-corrected chi connectivity index (χ4v) is 10.4. The van der Waals surface area contributed by atoms with Gasteiger partial charge in [0.1, 0.15) is 42.6 Å². The second-order valence-corrected chi connectivity index (χ2v) is 20.8. The molecule has 2 aliphatic heterocycles. The highest BCUT2D eigenvalue weighted by molar-refractivity contribution is 9.10. The number of nitrogens with zero attached hydrogens (tertiary/aromatic N) is 6. The van der Waals surface area contributed by atoms with E-state index < -0.39 is 24.1 Å². The lowest BCUT2D eigenvalue weighted by atomic mass is 9.84. The standard InChI is InChI=1S/C54H66BrN9O9S/c1-34(2)47(64-31-39-9-5-6-12-43(39)52(64)68)53(69)63-32-41(65)28-45(63)50(66)57-29-38-14-13-37(48-35(3)59-33-74-48)27-46(38)73-26-24-71-22-21-70-23-25-72-42-17-15-40(16-18-42)60-54-58-30-44(55)49(61-54)56-19-8-20-62(4)51(67)36-10-7-11-36/h5-6,9,12-18,27,30,33-34,36,41,45,47,65H,7-8,10-11,19-26,28-29,31-32H2,1-4H3,(H,57,66)(H2,56,58,60,61)/t41-,45+,47+/m1/s1. The van der Waals surface area contributed by atoms with Crippen molar-refractivity contribution in [3.63, 3.8) is 0 Å². The second kappa shape index (κ2) is 25.8. The first-order valence-electron chi connectivity index (χ1n) is 25.3. The van der Waals surface area contributed by atoms with Crippen LogP contribution < -0.4 is 25.4 Å². The lowest BCUT2D eigenvalue weighted by Gasteiger charge is -2.35. The van der Waals surface area contributed by atoms with Crippen LogP contribution in [0.5, 0.6) is 11.5 Å². The summed E-state index contributed by atoms with van der Waals surface area (Å²) in [6, 6.07) is 18.9. The van der Waals surface area contributed by atoms with Gasteiger partial charge in [-0.2, -0.15) is 4.98 Å². The summed E-state index contributed by atoms with van der Waals surface area (Å²) >= 11 is 5.05. The van der Waals surface area contributed by atoms with Crippen LogP contribution in [-0.2, 0) is 36.9 Å². The minimum Gasteiger partial charge on any atom is -0.491 e. The normalized spacial score (nSPS) is 16.7. The van der Waals surface area contributed by atoms with Crippen LogP contribution in [0.15, 0.2) is 82.9 Å². The van der Waals surface area contributed by atoms with Gasteiger partial charge in [-0.3, -0.25) is 19.2 Å². The van der Waals surface area contributed by atoms with Gasteiger partial charge in [0.25, 0.3) is 5.91 Å². The Morgan fingerprint density at radius 1 is 0.959 bits per heavy atom. The van der Waals surface area contributed by atoms with Gasteiger partial charge in [-0.15, -0.1) is 11.3 Å². The van der Waals surface area contributed by atoms with E-state index in [9.17, 15) is 24.3 Å². The van der Waals surface area contributed by atoms with Gasteiger partial charge in [0.15, 0.2) is 0 Å². The van der Waals surface area contributed by atoms with E-state index in [2.05, 4.69) is 46.8 Å². The van der Waals surface area contributed by atoms with Gasteiger partial charge in [0.05, 0.1) is 53.1 Å². The number of likely N-dealkylation sites (tertiary alicyclic amines) is 1.